The Morgan fingerprint density at radius 3 is 2.19 bits per heavy atom. The lowest BCUT2D eigenvalue weighted by atomic mass is 9.82. The molecule has 1 saturated carbocycles. The highest BCUT2D eigenvalue weighted by Gasteiger charge is 2.27. The normalized spacial score (nSPS) is 15.0. The van der Waals surface area contributed by atoms with E-state index in [1.54, 1.807) is 38.5 Å². The SMILES string of the molecule is C=C(/C=C(\OC)c1ccc(OC)cc1)C(Oc1ccc(C(=O)NCCC(=O)O)cc1)C1CCCCC1. The number of nitrogens with one attached hydrogen (secondary N) is 1. The van der Waals surface area contributed by atoms with E-state index in [9.17, 15) is 9.59 Å². The molecule has 0 radical (unpaired) electrons. The highest BCUT2D eigenvalue weighted by Crippen LogP contribution is 2.33. The first-order chi connectivity index (χ1) is 17.4. The maximum Gasteiger partial charge on any atom is 0.305 e. The van der Waals surface area contributed by atoms with Gasteiger partial charge < -0.3 is 24.6 Å². The zero-order valence-corrected chi connectivity index (χ0v) is 21.0. The third-order valence-electron chi connectivity index (χ3n) is 6.36. The molecule has 1 unspecified atom stereocenters. The van der Waals surface area contributed by atoms with Crippen molar-refractivity contribution >= 4 is 17.6 Å². The fraction of sp³-hybridized carbons (Fsp3) is 0.379. The predicted molar refractivity (Wildman–Crippen MR) is 139 cm³/mol. The van der Waals surface area contributed by atoms with Crippen molar-refractivity contribution in [1.29, 1.82) is 0 Å². The molecule has 1 aliphatic rings. The second kappa shape index (κ2) is 13.4. The maximum atomic E-state index is 12.3. The van der Waals surface area contributed by atoms with E-state index in [4.69, 9.17) is 19.3 Å². The van der Waals surface area contributed by atoms with Crippen LogP contribution in [0.25, 0.3) is 5.76 Å². The van der Waals surface area contributed by atoms with Gasteiger partial charge in [-0.3, -0.25) is 9.59 Å². The van der Waals surface area contributed by atoms with Crippen molar-refractivity contribution in [3.63, 3.8) is 0 Å². The van der Waals surface area contributed by atoms with Crippen LogP contribution in [0.1, 0.15) is 54.4 Å². The Kier molecular flexibility index (Phi) is 9.98. The van der Waals surface area contributed by atoms with Crippen LogP contribution < -0.4 is 14.8 Å². The number of rotatable bonds is 12. The molecule has 3 rings (SSSR count). The fourth-order valence-electron chi connectivity index (χ4n) is 4.39. The third kappa shape index (κ3) is 7.63. The molecule has 1 fully saturated rings. The predicted octanol–water partition coefficient (Wildman–Crippen LogP) is 5.47. The minimum Gasteiger partial charge on any atom is -0.497 e. The maximum absolute atomic E-state index is 12.3. The number of benzene rings is 2. The highest BCUT2D eigenvalue weighted by atomic mass is 16.5. The molecule has 0 aliphatic heterocycles. The third-order valence-corrected chi connectivity index (χ3v) is 6.36. The molecule has 1 amide bonds. The Balaban J connectivity index is 1.76. The van der Waals surface area contributed by atoms with Crippen LogP contribution >= 0.6 is 0 Å². The van der Waals surface area contributed by atoms with E-state index >= 15 is 0 Å². The molecule has 7 heteroatoms. The molecule has 2 aromatic rings. The first-order valence-electron chi connectivity index (χ1n) is 12.3. The van der Waals surface area contributed by atoms with Crippen LogP contribution in [-0.4, -0.2) is 43.9 Å². The van der Waals surface area contributed by atoms with Gasteiger partial charge >= 0.3 is 5.97 Å². The second-order valence-corrected chi connectivity index (χ2v) is 8.88. The number of ether oxygens (including phenoxy) is 3. The van der Waals surface area contributed by atoms with Crippen LogP contribution in [0.15, 0.2) is 66.8 Å². The molecule has 0 saturated heterocycles. The van der Waals surface area contributed by atoms with Crippen molar-refractivity contribution in [2.24, 2.45) is 5.92 Å². The molecule has 1 atom stereocenters. The Labute approximate surface area is 212 Å². The summed E-state index contributed by atoms with van der Waals surface area (Å²) < 4.78 is 17.4. The first kappa shape index (κ1) is 26.9. The van der Waals surface area contributed by atoms with Crippen molar-refractivity contribution in [2.45, 2.75) is 44.6 Å². The molecule has 1 aliphatic carbocycles. The Bertz CT molecular complexity index is 1050. The van der Waals surface area contributed by atoms with E-state index in [0.717, 1.165) is 42.6 Å². The number of carboxylic acid groups (broad SMARTS) is 1. The molecule has 0 aromatic heterocycles. The molecule has 2 aromatic carbocycles. The van der Waals surface area contributed by atoms with E-state index < -0.39 is 5.97 Å². The van der Waals surface area contributed by atoms with Gasteiger partial charge in [-0.2, -0.15) is 0 Å². The molecular weight excluding hydrogens is 458 g/mol. The minimum atomic E-state index is -0.953. The Morgan fingerprint density at radius 2 is 1.61 bits per heavy atom. The summed E-state index contributed by atoms with van der Waals surface area (Å²) in [7, 11) is 3.27. The first-order valence-corrected chi connectivity index (χ1v) is 12.3. The fourth-order valence-corrected chi connectivity index (χ4v) is 4.39. The zero-order chi connectivity index (χ0) is 25.9. The number of hydrogen-bond acceptors (Lipinski definition) is 5. The average molecular weight is 494 g/mol. The lowest BCUT2D eigenvalue weighted by Gasteiger charge is -2.31. The van der Waals surface area contributed by atoms with Crippen LogP contribution in [0.4, 0.5) is 0 Å². The molecule has 36 heavy (non-hydrogen) atoms. The summed E-state index contributed by atoms with van der Waals surface area (Å²) in [6.45, 7) is 4.43. The number of carbonyl (C=O) groups is 2. The summed E-state index contributed by atoms with van der Waals surface area (Å²) in [6, 6.07) is 14.5. The number of carboxylic acids is 1. The molecule has 0 heterocycles. The molecule has 7 nitrogen and oxygen atoms in total. The van der Waals surface area contributed by atoms with Gasteiger partial charge in [-0.25, -0.2) is 0 Å². The zero-order valence-electron chi connectivity index (χ0n) is 21.0. The highest BCUT2D eigenvalue weighted by molar-refractivity contribution is 5.94. The molecule has 192 valence electrons. The topological polar surface area (TPSA) is 94.1 Å². The largest absolute Gasteiger partial charge is 0.497 e. The lowest BCUT2D eigenvalue weighted by molar-refractivity contribution is -0.136. The van der Waals surface area contributed by atoms with Crippen LogP contribution in [-0.2, 0) is 9.53 Å². The van der Waals surface area contributed by atoms with Gasteiger partial charge in [0.15, 0.2) is 0 Å². The number of hydrogen-bond donors (Lipinski definition) is 2. The van der Waals surface area contributed by atoms with Crippen LogP contribution in [0, 0.1) is 5.92 Å². The van der Waals surface area contributed by atoms with E-state index in [2.05, 4.69) is 11.9 Å². The molecule has 0 bridgehead atoms. The molecule has 2 N–H and O–H groups in total. The lowest BCUT2D eigenvalue weighted by Crippen LogP contribution is -2.30. The summed E-state index contributed by atoms with van der Waals surface area (Å²) in [5.74, 6) is 1.17. The number of methoxy groups -OCH3 is 2. The van der Waals surface area contributed by atoms with Crippen LogP contribution in [0.2, 0.25) is 0 Å². The minimum absolute atomic E-state index is 0.0817. The second-order valence-electron chi connectivity index (χ2n) is 8.88. The average Bonchev–Trinajstić information content (AvgIpc) is 2.91. The van der Waals surface area contributed by atoms with Gasteiger partial charge in [-0.15, -0.1) is 0 Å². The van der Waals surface area contributed by atoms with E-state index in [1.807, 2.05) is 30.3 Å². The monoisotopic (exact) mass is 493 g/mol. The molecule has 0 spiro atoms. The van der Waals surface area contributed by atoms with Gasteiger partial charge in [0.2, 0.25) is 0 Å². The van der Waals surface area contributed by atoms with Gasteiger partial charge in [0, 0.05) is 23.6 Å². The van der Waals surface area contributed by atoms with Crippen molar-refractivity contribution < 1.29 is 28.9 Å². The summed E-state index contributed by atoms with van der Waals surface area (Å²) in [4.78, 5) is 22.9. The standard InChI is InChI=1S/C29H35NO6/c1-20(19-26(35-3)21-9-13-24(34-2)14-10-21)28(22-7-5-4-6-8-22)36-25-15-11-23(12-16-25)29(33)30-18-17-27(31)32/h9-16,19,22,28H,1,4-8,17-18H2,2-3H3,(H,30,33)(H,31,32)/b26-19-. The summed E-state index contributed by atoms with van der Waals surface area (Å²) in [5.41, 5.74) is 2.19. The van der Waals surface area contributed by atoms with E-state index in [1.165, 1.54) is 6.42 Å². The summed E-state index contributed by atoms with van der Waals surface area (Å²) in [6.07, 6.45) is 7.26. The van der Waals surface area contributed by atoms with Gasteiger partial charge in [-0.05, 0) is 73.0 Å². The molecular formula is C29H35NO6. The van der Waals surface area contributed by atoms with Gasteiger partial charge in [0.25, 0.3) is 5.91 Å². The number of amides is 1. The summed E-state index contributed by atoms with van der Waals surface area (Å²) >= 11 is 0. The Morgan fingerprint density at radius 1 is 1.00 bits per heavy atom. The smallest absolute Gasteiger partial charge is 0.305 e. The van der Waals surface area contributed by atoms with Crippen molar-refractivity contribution in [2.75, 3.05) is 20.8 Å². The van der Waals surface area contributed by atoms with E-state index in [-0.39, 0.29) is 25.0 Å². The van der Waals surface area contributed by atoms with Crippen LogP contribution in [0.5, 0.6) is 11.5 Å². The number of carbonyl (C=O) groups excluding carboxylic acids is 1. The van der Waals surface area contributed by atoms with Crippen molar-refractivity contribution in [3.8, 4) is 11.5 Å². The van der Waals surface area contributed by atoms with E-state index in [0.29, 0.717) is 23.0 Å². The van der Waals surface area contributed by atoms with Gasteiger partial charge in [0.05, 0.1) is 20.6 Å². The van der Waals surface area contributed by atoms with Crippen molar-refractivity contribution in [3.05, 3.63) is 77.9 Å². The van der Waals surface area contributed by atoms with Crippen molar-refractivity contribution in [1.82, 2.24) is 5.32 Å². The van der Waals surface area contributed by atoms with Gasteiger partial charge in [0.1, 0.15) is 23.4 Å². The quantitative estimate of drug-likeness (QED) is 0.301. The van der Waals surface area contributed by atoms with Gasteiger partial charge in [-0.1, -0.05) is 25.8 Å². The van der Waals surface area contributed by atoms with Crippen LogP contribution in [0.3, 0.4) is 0 Å². The Hall–Kier alpha value is -3.74. The summed E-state index contributed by atoms with van der Waals surface area (Å²) in [5, 5.41) is 11.3. The number of aliphatic carboxylic acids is 1.